The Labute approximate surface area is 281 Å². The van der Waals surface area contributed by atoms with E-state index < -0.39 is 36.2 Å². The van der Waals surface area contributed by atoms with Gasteiger partial charge in [-0.3, -0.25) is 4.79 Å². The first kappa shape index (κ1) is 36.9. The fourth-order valence-electron chi connectivity index (χ4n) is 5.93. The summed E-state index contributed by atoms with van der Waals surface area (Å²) >= 11 is 0. The molecule has 10 heteroatoms. The molecule has 0 saturated carbocycles. The molecule has 1 aliphatic carbocycles. The Kier molecular flexibility index (Phi) is 14.3. The van der Waals surface area contributed by atoms with Crippen molar-refractivity contribution in [3.63, 3.8) is 0 Å². The predicted octanol–water partition coefficient (Wildman–Crippen LogP) is 9.79. The van der Waals surface area contributed by atoms with Gasteiger partial charge in [-0.05, 0) is 55.4 Å². The molecule has 2 unspecified atom stereocenters. The average molecular weight is 669 g/mol. The third-order valence-electron chi connectivity index (χ3n) is 8.71. The molecule has 260 valence electrons. The number of aryl methyl sites for hydroxylation is 1. The van der Waals surface area contributed by atoms with Crippen molar-refractivity contribution in [3.05, 3.63) is 77.6 Å². The number of rotatable bonds is 18. The lowest BCUT2D eigenvalue weighted by Gasteiger charge is -2.33. The number of esters is 2. The zero-order valence-corrected chi connectivity index (χ0v) is 28.0. The van der Waals surface area contributed by atoms with Gasteiger partial charge in [-0.2, -0.15) is 13.2 Å². The third kappa shape index (κ3) is 10.8. The Morgan fingerprint density at radius 1 is 0.854 bits per heavy atom. The maximum Gasteiger partial charge on any atom is 0.425 e. The zero-order chi connectivity index (χ0) is 34.4. The molecule has 7 nitrogen and oxygen atoms in total. The number of ether oxygens (including phenoxy) is 3. The average Bonchev–Trinajstić information content (AvgIpc) is 3.09. The molecule has 0 radical (unpaired) electrons. The van der Waals surface area contributed by atoms with Crippen molar-refractivity contribution in [2.24, 2.45) is 5.92 Å². The number of halogens is 3. The summed E-state index contributed by atoms with van der Waals surface area (Å²) in [6.07, 6.45) is 5.28. The normalized spacial score (nSPS) is 16.5. The number of carbonyl (C=O) groups is 2. The molecule has 3 aromatic rings. The van der Waals surface area contributed by atoms with Crippen LogP contribution in [0.2, 0.25) is 0 Å². The maximum absolute atomic E-state index is 13.8. The Morgan fingerprint density at radius 3 is 2.19 bits per heavy atom. The first-order valence-corrected chi connectivity index (χ1v) is 17.3. The first-order chi connectivity index (χ1) is 23.2. The highest BCUT2D eigenvalue weighted by molar-refractivity contribution is 5.90. The van der Waals surface area contributed by atoms with E-state index in [2.05, 4.69) is 16.9 Å². The van der Waals surface area contributed by atoms with Gasteiger partial charge in [-0.25, -0.2) is 14.8 Å². The first-order valence-electron chi connectivity index (χ1n) is 17.3. The van der Waals surface area contributed by atoms with E-state index in [1.165, 1.54) is 25.7 Å². The molecule has 0 amide bonds. The van der Waals surface area contributed by atoms with E-state index in [9.17, 15) is 22.8 Å². The zero-order valence-electron chi connectivity index (χ0n) is 28.0. The molecular formula is C38H47F3N2O5. The molecule has 0 N–H and O–H groups in total. The highest BCUT2D eigenvalue weighted by Gasteiger charge is 2.45. The highest BCUT2D eigenvalue weighted by atomic mass is 19.4. The van der Waals surface area contributed by atoms with Gasteiger partial charge >= 0.3 is 18.1 Å². The molecule has 48 heavy (non-hydrogen) atoms. The molecule has 1 aliphatic rings. The van der Waals surface area contributed by atoms with Crippen LogP contribution in [0, 0.1) is 5.92 Å². The second kappa shape index (κ2) is 18.6. The SMILES string of the molecule is CCCCCCCCOc1cnc(-c2ccc(C(=O)OC3c4ccccc4CCC3C(=O)O[C@H](CCCCCC)C(F)(F)F)cc2)nc1. The molecule has 0 fully saturated rings. The van der Waals surface area contributed by atoms with Crippen LogP contribution >= 0.6 is 0 Å². The lowest BCUT2D eigenvalue weighted by Crippen LogP contribution is -2.39. The summed E-state index contributed by atoms with van der Waals surface area (Å²) in [5, 5.41) is 0. The molecule has 2 aromatic carbocycles. The van der Waals surface area contributed by atoms with E-state index in [0.717, 1.165) is 31.2 Å². The maximum atomic E-state index is 13.8. The van der Waals surface area contributed by atoms with Gasteiger partial charge in [-0.1, -0.05) is 102 Å². The van der Waals surface area contributed by atoms with E-state index in [0.29, 0.717) is 48.6 Å². The van der Waals surface area contributed by atoms with Crippen molar-refractivity contribution in [1.29, 1.82) is 0 Å². The summed E-state index contributed by atoms with van der Waals surface area (Å²) < 4.78 is 58.2. The van der Waals surface area contributed by atoms with Crippen LogP contribution in [0.5, 0.6) is 5.75 Å². The predicted molar refractivity (Wildman–Crippen MR) is 177 cm³/mol. The van der Waals surface area contributed by atoms with E-state index in [4.69, 9.17) is 14.2 Å². The smallest absolute Gasteiger partial charge is 0.425 e. The molecule has 0 bridgehead atoms. The minimum absolute atomic E-state index is 0.198. The number of unbranched alkanes of at least 4 members (excludes halogenated alkanes) is 8. The molecular weight excluding hydrogens is 621 g/mol. The van der Waals surface area contributed by atoms with Gasteiger partial charge in [0.15, 0.2) is 17.7 Å². The molecule has 4 rings (SSSR count). The number of benzene rings is 2. The summed E-state index contributed by atoms with van der Waals surface area (Å²) in [4.78, 5) is 35.4. The molecule has 1 heterocycles. The Morgan fingerprint density at radius 2 is 1.50 bits per heavy atom. The van der Waals surface area contributed by atoms with Gasteiger partial charge in [0.1, 0.15) is 6.10 Å². The topological polar surface area (TPSA) is 87.6 Å². The molecule has 3 atom stereocenters. The minimum atomic E-state index is -4.69. The molecule has 1 aromatic heterocycles. The van der Waals surface area contributed by atoms with Crippen LogP contribution in [0.3, 0.4) is 0 Å². The fraction of sp³-hybridized carbons (Fsp3) is 0.526. The van der Waals surface area contributed by atoms with Crippen molar-refractivity contribution in [1.82, 2.24) is 9.97 Å². The number of carbonyl (C=O) groups excluding carboxylic acids is 2. The van der Waals surface area contributed by atoms with Gasteiger partial charge in [0, 0.05) is 5.56 Å². The standard InChI is InChI=1S/C38H47F3N2O5/c1-3-5-7-9-10-14-24-46-30-25-42-35(43-26-30)28-18-20-29(21-19-28)36(44)48-34-31-16-13-12-15-27(31)22-23-32(34)37(45)47-33(38(39,40)41)17-11-8-6-4-2/h12-13,15-16,18-21,25-26,32-34H,3-11,14,17,22-24H2,1-2H3/t32?,33-,34?/m1/s1. The Bertz CT molecular complexity index is 1430. The number of hydrogen-bond acceptors (Lipinski definition) is 7. The summed E-state index contributed by atoms with van der Waals surface area (Å²) in [5.41, 5.74) is 2.36. The lowest BCUT2D eigenvalue weighted by atomic mass is 9.81. The summed E-state index contributed by atoms with van der Waals surface area (Å²) in [7, 11) is 0. The number of nitrogens with zero attached hydrogens (tertiary/aromatic N) is 2. The minimum Gasteiger partial charge on any atom is -0.490 e. The van der Waals surface area contributed by atoms with Gasteiger partial charge < -0.3 is 14.2 Å². The van der Waals surface area contributed by atoms with Crippen LogP contribution < -0.4 is 4.74 Å². The molecule has 0 aliphatic heterocycles. The second-order valence-corrected chi connectivity index (χ2v) is 12.4. The van der Waals surface area contributed by atoms with Gasteiger partial charge in [-0.15, -0.1) is 0 Å². The lowest BCUT2D eigenvalue weighted by molar-refractivity contribution is -0.227. The van der Waals surface area contributed by atoms with E-state index in [-0.39, 0.29) is 18.4 Å². The number of alkyl halides is 3. The second-order valence-electron chi connectivity index (χ2n) is 12.4. The van der Waals surface area contributed by atoms with Crippen LogP contribution in [0.25, 0.3) is 11.4 Å². The van der Waals surface area contributed by atoms with E-state index >= 15 is 0 Å². The fourth-order valence-corrected chi connectivity index (χ4v) is 5.93. The van der Waals surface area contributed by atoms with E-state index in [1.54, 1.807) is 48.8 Å². The van der Waals surface area contributed by atoms with Crippen LogP contribution in [-0.2, 0) is 20.7 Å². The summed E-state index contributed by atoms with van der Waals surface area (Å²) in [6.45, 7) is 4.78. The van der Waals surface area contributed by atoms with Crippen molar-refractivity contribution >= 4 is 11.9 Å². The van der Waals surface area contributed by atoms with Gasteiger partial charge in [0.25, 0.3) is 0 Å². The van der Waals surface area contributed by atoms with Crippen LogP contribution in [0.15, 0.2) is 60.9 Å². The molecule has 0 saturated heterocycles. The van der Waals surface area contributed by atoms with Crippen LogP contribution in [-0.4, -0.2) is 40.8 Å². The molecule has 0 spiro atoms. The Balaban J connectivity index is 1.40. The van der Waals surface area contributed by atoms with Crippen molar-refractivity contribution in [3.8, 4) is 17.1 Å². The number of aromatic nitrogens is 2. The third-order valence-corrected chi connectivity index (χ3v) is 8.71. The van der Waals surface area contributed by atoms with Crippen LogP contribution in [0.4, 0.5) is 13.2 Å². The monoisotopic (exact) mass is 668 g/mol. The van der Waals surface area contributed by atoms with E-state index in [1.807, 2.05) is 19.1 Å². The summed E-state index contributed by atoms with van der Waals surface area (Å²) in [6, 6.07) is 13.7. The van der Waals surface area contributed by atoms with Crippen molar-refractivity contribution in [2.45, 2.75) is 116 Å². The quantitative estimate of drug-likeness (QED) is 0.0985. The summed E-state index contributed by atoms with van der Waals surface area (Å²) in [5.74, 6) is -1.73. The van der Waals surface area contributed by atoms with Gasteiger partial charge in [0.2, 0.25) is 0 Å². The van der Waals surface area contributed by atoms with Crippen LogP contribution in [0.1, 0.15) is 118 Å². The van der Waals surface area contributed by atoms with Crippen molar-refractivity contribution < 1.29 is 37.0 Å². The van der Waals surface area contributed by atoms with Gasteiger partial charge in [0.05, 0.1) is 30.5 Å². The number of hydrogen-bond donors (Lipinski definition) is 0. The Hall–Kier alpha value is -3.95. The number of fused-ring (bicyclic) bond motifs is 1. The largest absolute Gasteiger partial charge is 0.490 e. The highest BCUT2D eigenvalue weighted by Crippen LogP contribution is 2.40. The van der Waals surface area contributed by atoms with Crippen molar-refractivity contribution in [2.75, 3.05) is 6.61 Å².